The number of anilines is 1. The molecule has 0 atom stereocenters. The SMILES string of the molecule is Cc1ccc(C(=O)N2CCCN(c3nc(CC(C)C)nc4c3cnn4-c3ccccc3)CC2)cc1. The van der Waals surface area contributed by atoms with Crippen molar-refractivity contribution in [1.29, 1.82) is 0 Å². The Morgan fingerprint density at radius 1 is 0.943 bits per heavy atom. The van der Waals surface area contributed by atoms with Crippen molar-refractivity contribution in [3.05, 3.63) is 77.7 Å². The lowest BCUT2D eigenvalue weighted by molar-refractivity contribution is 0.0767. The summed E-state index contributed by atoms with van der Waals surface area (Å²) in [6, 6.07) is 17.9. The Hall–Kier alpha value is -3.74. The Bertz CT molecular complexity index is 1310. The number of aryl methyl sites for hydroxylation is 1. The molecule has 0 saturated carbocycles. The number of carbonyl (C=O) groups excluding carboxylic acids is 1. The molecule has 1 saturated heterocycles. The Morgan fingerprint density at radius 2 is 1.71 bits per heavy atom. The van der Waals surface area contributed by atoms with Crippen LogP contribution in [0.4, 0.5) is 5.82 Å². The van der Waals surface area contributed by atoms with Crippen LogP contribution in [-0.2, 0) is 6.42 Å². The molecule has 2 aromatic carbocycles. The molecule has 0 radical (unpaired) electrons. The molecular weight excluding hydrogens is 436 g/mol. The van der Waals surface area contributed by atoms with Gasteiger partial charge in [-0.1, -0.05) is 49.7 Å². The molecule has 4 aromatic rings. The molecule has 1 fully saturated rings. The van der Waals surface area contributed by atoms with Gasteiger partial charge in [-0.2, -0.15) is 5.10 Å². The van der Waals surface area contributed by atoms with Crippen LogP contribution in [0.2, 0.25) is 0 Å². The highest BCUT2D eigenvalue weighted by Gasteiger charge is 2.24. The lowest BCUT2D eigenvalue weighted by Gasteiger charge is -2.24. The number of nitrogens with zero attached hydrogens (tertiary/aromatic N) is 6. The average Bonchev–Trinajstić information content (AvgIpc) is 3.12. The van der Waals surface area contributed by atoms with E-state index in [2.05, 4.69) is 23.8 Å². The Kier molecular flexibility index (Phi) is 6.49. The molecule has 3 heterocycles. The van der Waals surface area contributed by atoms with E-state index in [0.29, 0.717) is 12.5 Å². The van der Waals surface area contributed by atoms with Gasteiger partial charge in [-0.3, -0.25) is 4.79 Å². The molecule has 0 bridgehead atoms. The molecule has 1 amide bonds. The third-order valence-corrected chi connectivity index (χ3v) is 6.43. The third-order valence-electron chi connectivity index (χ3n) is 6.43. The molecule has 0 N–H and O–H groups in total. The largest absolute Gasteiger partial charge is 0.354 e. The van der Waals surface area contributed by atoms with Gasteiger partial charge in [0.25, 0.3) is 5.91 Å². The molecule has 1 aliphatic rings. The van der Waals surface area contributed by atoms with E-state index in [1.54, 1.807) is 0 Å². The topological polar surface area (TPSA) is 67.2 Å². The minimum Gasteiger partial charge on any atom is -0.354 e. The third kappa shape index (κ3) is 4.90. The summed E-state index contributed by atoms with van der Waals surface area (Å²) >= 11 is 0. The van der Waals surface area contributed by atoms with Gasteiger partial charge in [0.05, 0.1) is 17.3 Å². The summed E-state index contributed by atoms with van der Waals surface area (Å²) in [6.45, 7) is 9.35. The fourth-order valence-electron chi connectivity index (χ4n) is 4.60. The minimum atomic E-state index is 0.0945. The molecule has 5 rings (SSSR count). The van der Waals surface area contributed by atoms with Gasteiger partial charge in [-0.15, -0.1) is 0 Å². The van der Waals surface area contributed by atoms with Crippen LogP contribution >= 0.6 is 0 Å². The van der Waals surface area contributed by atoms with E-state index in [1.165, 1.54) is 0 Å². The standard InChI is InChI=1S/C28H32N6O/c1-20(2)18-25-30-26(24-19-29-34(27(24)31-25)23-8-5-4-6-9-23)32-14-7-15-33(17-16-32)28(35)22-12-10-21(3)11-13-22/h4-6,8-13,19-20H,7,14-18H2,1-3H3. The highest BCUT2D eigenvalue weighted by molar-refractivity contribution is 5.94. The molecule has 7 heteroatoms. The van der Waals surface area contributed by atoms with Crippen LogP contribution in [0.25, 0.3) is 16.7 Å². The second-order valence-corrected chi connectivity index (χ2v) is 9.69. The maximum absolute atomic E-state index is 13.1. The predicted molar refractivity (Wildman–Crippen MR) is 139 cm³/mol. The average molecular weight is 469 g/mol. The second kappa shape index (κ2) is 9.86. The maximum atomic E-state index is 13.1. The van der Waals surface area contributed by atoms with Crippen LogP contribution in [0.5, 0.6) is 0 Å². The quantitative estimate of drug-likeness (QED) is 0.426. The zero-order chi connectivity index (χ0) is 24.4. The molecule has 2 aromatic heterocycles. The number of hydrogen-bond donors (Lipinski definition) is 0. The summed E-state index contributed by atoms with van der Waals surface area (Å²) in [5.41, 5.74) is 3.71. The first-order valence-electron chi connectivity index (χ1n) is 12.4. The Labute approximate surface area is 206 Å². The minimum absolute atomic E-state index is 0.0945. The first-order valence-corrected chi connectivity index (χ1v) is 12.4. The van der Waals surface area contributed by atoms with E-state index < -0.39 is 0 Å². The summed E-state index contributed by atoms with van der Waals surface area (Å²) in [5.74, 6) is 2.28. The van der Waals surface area contributed by atoms with Gasteiger partial charge in [0.1, 0.15) is 11.6 Å². The highest BCUT2D eigenvalue weighted by atomic mass is 16.2. The van der Waals surface area contributed by atoms with E-state index >= 15 is 0 Å². The second-order valence-electron chi connectivity index (χ2n) is 9.69. The number of rotatable bonds is 5. The lowest BCUT2D eigenvalue weighted by Crippen LogP contribution is -2.35. The summed E-state index contributed by atoms with van der Waals surface area (Å²) in [7, 11) is 0. The van der Waals surface area contributed by atoms with Crippen LogP contribution in [0.1, 0.15) is 42.0 Å². The van der Waals surface area contributed by atoms with Crippen LogP contribution in [0.3, 0.4) is 0 Å². The van der Waals surface area contributed by atoms with Crippen molar-refractivity contribution in [3.8, 4) is 5.69 Å². The smallest absolute Gasteiger partial charge is 0.253 e. The molecular formula is C28H32N6O. The zero-order valence-corrected chi connectivity index (χ0v) is 20.7. The van der Waals surface area contributed by atoms with E-state index in [1.807, 2.05) is 77.3 Å². The Balaban J connectivity index is 1.46. The van der Waals surface area contributed by atoms with Gasteiger partial charge < -0.3 is 9.80 Å². The summed E-state index contributed by atoms with van der Waals surface area (Å²) in [6.07, 6.45) is 3.56. The molecule has 0 unspecified atom stereocenters. The summed E-state index contributed by atoms with van der Waals surface area (Å²) in [5, 5.41) is 5.62. The van der Waals surface area contributed by atoms with Gasteiger partial charge in [-0.05, 0) is 43.5 Å². The first kappa shape index (κ1) is 23.0. The number of carbonyl (C=O) groups is 1. The van der Waals surface area contributed by atoms with Gasteiger partial charge >= 0.3 is 0 Å². The summed E-state index contributed by atoms with van der Waals surface area (Å²) in [4.78, 5) is 27.3. The monoisotopic (exact) mass is 468 g/mol. The number of aromatic nitrogens is 4. The van der Waals surface area contributed by atoms with Crippen molar-refractivity contribution in [2.75, 3.05) is 31.1 Å². The van der Waals surface area contributed by atoms with Crippen molar-refractivity contribution >= 4 is 22.8 Å². The van der Waals surface area contributed by atoms with Crippen LogP contribution in [0.15, 0.2) is 60.8 Å². The summed E-state index contributed by atoms with van der Waals surface area (Å²) < 4.78 is 1.90. The number of amides is 1. The van der Waals surface area contributed by atoms with Crippen molar-refractivity contribution in [2.45, 2.75) is 33.6 Å². The predicted octanol–water partition coefficient (Wildman–Crippen LogP) is 4.67. The fourth-order valence-corrected chi connectivity index (χ4v) is 4.60. The van der Waals surface area contributed by atoms with Crippen LogP contribution in [-0.4, -0.2) is 56.7 Å². The molecule has 0 spiro atoms. The lowest BCUT2D eigenvalue weighted by atomic mass is 10.1. The van der Waals surface area contributed by atoms with Crippen LogP contribution in [0, 0.1) is 12.8 Å². The van der Waals surface area contributed by atoms with E-state index in [9.17, 15) is 4.79 Å². The molecule has 7 nitrogen and oxygen atoms in total. The first-order chi connectivity index (χ1) is 17.0. The van der Waals surface area contributed by atoms with Gasteiger partial charge in [-0.25, -0.2) is 14.6 Å². The van der Waals surface area contributed by atoms with E-state index in [0.717, 1.165) is 72.0 Å². The number of hydrogen-bond acceptors (Lipinski definition) is 5. The fraction of sp³-hybridized carbons (Fsp3) is 0.357. The van der Waals surface area contributed by atoms with E-state index in [-0.39, 0.29) is 5.91 Å². The highest BCUT2D eigenvalue weighted by Crippen LogP contribution is 2.27. The number of para-hydroxylation sites is 1. The zero-order valence-electron chi connectivity index (χ0n) is 20.7. The van der Waals surface area contributed by atoms with Crippen molar-refractivity contribution in [3.63, 3.8) is 0 Å². The maximum Gasteiger partial charge on any atom is 0.253 e. The Morgan fingerprint density at radius 3 is 2.46 bits per heavy atom. The molecule has 1 aliphatic heterocycles. The van der Waals surface area contributed by atoms with Crippen LogP contribution < -0.4 is 4.90 Å². The number of fused-ring (bicyclic) bond motifs is 1. The molecule has 180 valence electrons. The normalized spacial score (nSPS) is 14.5. The molecule has 0 aliphatic carbocycles. The van der Waals surface area contributed by atoms with Crippen molar-refractivity contribution in [1.82, 2.24) is 24.6 Å². The van der Waals surface area contributed by atoms with Gasteiger partial charge in [0.15, 0.2) is 5.65 Å². The van der Waals surface area contributed by atoms with Crippen molar-refractivity contribution in [2.24, 2.45) is 5.92 Å². The van der Waals surface area contributed by atoms with E-state index in [4.69, 9.17) is 9.97 Å². The van der Waals surface area contributed by atoms with Crippen molar-refractivity contribution < 1.29 is 4.79 Å². The van der Waals surface area contributed by atoms with Gasteiger partial charge in [0.2, 0.25) is 0 Å². The van der Waals surface area contributed by atoms with Gasteiger partial charge in [0, 0.05) is 38.2 Å². The molecule has 35 heavy (non-hydrogen) atoms. The number of benzene rings is 2.